The number of aromatic hydroxyl groups is 1. The first kappa shape index (κ1) is 27.3. The van der Waals surface area contributed by atoms with Gasteiger partial charge in [-0.25, -0.2) is 14.6 Å². The first-order valence-corrected chi connectivity index (χ1v) is 12.7. The molecule has 0 bridgehead atoms. The number of methoxy groups -OCH3 is 2. The van der Waals surface area contributed by atoms with Gasteiger partial charge in [-0.1, -0.05) is 6.08 Å². The lowest BCUT2D eigenvalue weighted by Gasteiger charge is -2.29. The van der Waals surface area contributed by atoms with Crippen LogP contribution in [-0.4, -0.2) is 79.8 Å². The summed E-state index contributed by atoms with van der Waals surface area (Å²) in [5.74, 6) is 0.0840. The predicted molar refractivity (Wildman–Crippen MR) is 146 cm³/mol. The van der Waals surface area contributed by atoms with Gasteiger partial charge in [-0.15, -0.1) is 0 Å². The van der Waals surface area contributed by atoms with Gasteiger partial charge in [0.1, 0.15) is 26.3 Å². The Labute approximate surface area is 232 Å². The summed E-state index contributed by atoms with van der Waals surface area (Å²) >= 11 is 1.99. The van der Waals surface area contributed by atoms with Crippen molar-refractivity contribution in [1.82, 2.24) is 29.6 Å². The maximum Gasteiger partial charge on any atom is 0.413 e. The standard InChI is InChI=1S/C24H28IN7O6/c1-24(2,3)38-23(35)31-8-6-13(7-9-31)14-10-16(36-4)15(26-11-14)12-32-18-17(19(25)30-32)27-21(28-20(18)33)29-22(34)37-5/h6,10-11H,7-9,12H2,1-5H3,(H2,27,28,29,33,34). The number of hydrogen-bond acceptors (Lipinski definition) is 10. The SMILES string of the molecule is COC(=O)Nc1nc(O)c2c(n1)c(I)nn2Cc1ncc(C2=CCN(C(=O)OC(C)(C)C)CC2)cc1OC. The summed E-state index contributed by atoms with van der Waals surface area (Å²) in [5, 5.41) is 17.4. The third-order valence-corrected chi connectivity index (χ3v) is 6.34. The minimum Gasteiger partial charge on any atom is -0.495 e. The Morgan fingerprint density at radius 1 is 1.24 bits per heavy atom. The van der Waals surface area contributed by atoms with Crippen LogP contribution in [0.5, 0.6) is 11.6 Å². The number of fused-ring (bicyclic) bond motifs is 1. The Kier molecular flexibility index (Phi) is 7.89. The lowest BCUT2D eigenvalue weighted by Crippen LogP contribution is -2.39. The van der Waals surface area contributed by atoms with Crippen LogP contribution in [0.4, 0.5) is 15.5 Å². The van der Waals surface area contributed by atoms with E-state index in [-0.39, 0.29) is 30.0 Å². The van der Waals surface area contributed by atoms with E-state index in [0.29, 0.717) is 40.2 Å². The van der Waals surface area contributed by atoms with Gasteiger partial charge in [-0.3, -0.25) is 15.0 Å². The smallest absolute Gasteiger partial charge is 0.413 e. The first-order valence-electron chi connectivity index (χ1n) is 11.7. The van der Waals surface area contributed by atoms with E-state index in [0.717, 1.165) is 11.1 Å². The molecule has 0 spiro atoms. The van der Waals surface area contributed by atoms with Gasteiger partial charge in [0, 0.05) is 19.3 Å². The predicted octanol–water partition coefficient (Wildman–Crippen LogP) is 3.79. The van der Waals surface area contributed by atoms with Gasteiger partial charge < -0.3 is 24.2 Å². The largest absolute Gasteiger partial charge is 0.495 e. The fraction of sp³-hybridized carbons (Fsp3) is 0.417. The number of amides is 2. The highest BCUT2D eigenvalue weighted by atomic mass is 127. The molecule has 3 aromatic rings. The Morgan fingerprint density at radius 2 is 2.00 bits per heavy atom. The van der Waals surface area contributed by atoms with E-state index in [2.05, 4.69) is 30.1 Å². The molecule has 202 valence electrons. The van der Waals surface area contributed by atoms with Gasteiger partial charge in [0.15, 0.2) is 5.52 Å². The second kappa shape index (κ2) is 11.0. The topological polar surface area (TPSA) is 154 Å². The van der Waals surface area contributed by atoms with Crippen molar-refractivity contribution in [3.8, 4) is 11.6 Å². The molecule has 2 amide bonds. The highest BCUT2D eigenvalue weighted by Gasteiger charge is 2.25. The molecule has 1 aliphatic heterocycles. The van der Waals surface area contributed by atoms with Crippen LogP contribution < -0.4 is 10.1 Å². The van der Waals surface area contributed by atoms with E-state index in [1.165, 1.54) is 11.8 Å². The van der Waals surface area contributed by atoms with Gasteiger partial charge in [-0.05, 0) is 67.0 Å². The van der Waals surface area contributed by atoms with E-state index in [9.17, 15) is 14.7 Å². The average molecular weight is 637 g/mol. The molecule has 2 N–H and O–H groups in total. The quantitative estimate of drug-likeness (QED) is 0.395. The molecule has 0 atom stereocenters. The molecule has 38 heavy (non-hydrogen) atoms. The fourth-order valence-electron chi connectivity index (χ4n) is 3.85. The summed E-state index contributed by atoms with van der Waals surface area (Å²) in [6.07, 6.45) is 3.30. The van der Waals surface area contributed by atoms with E-state index in [1.54, 1.807) is 18.2 Å². The number of hydrogen-bond donors (Lipinski definition) is 2. The van der Waals surface area contributed by atoms with Gasteiger partial charge in [0.05, 0.1) is 20.8 Å². The average Bonchev–Trinajstić information content (AvgIpc) is 3.18. The number of rotatable bonds is 5. The lowest BCUT2D eigenvalue weighted by atomic mass is 10.0. The normalized spacial score (nSPS) is 13.7. The summed E-state index contributed by atoms with van der Waals surface area (Å²) in [4.78, 5) is 38.3. The Bertz CT molecular complexity index is 1420. The number of halogens is 1. The highest BCUT2D eigenvalue weighted by Crippen LogP contribution is 2.30. The van der Waals surface area contributed by atoms with Crippen molar-refractivity contribution in [2.45, 2.75) is 39.3 Å². The number of pyridine rings is 1. The van der Waals surface area contributed by atoms with Crippen molar-refractivity contribution >= 4 is 57.3 Å². The Morgan fingerprint density at radius 3 is 2.63 bits per heavy atom. The van der Waals surface area contributed by atoms with E-state index in [1.807, 2.05) is 55.5 Å². The zero-order valence-corrected chi connectivity index (χ0v) is 23.8. The first-order chi connectivity index (χ1) is 18.0. The maximum absolute atomic E-state index is 12.4. The second-order valence-corrected chi connectivity index (χ2v) is 10.4. The van der Waals surface area contributed by atoms with Crippen LogP contribution in [0.1, 0.15) is 38.4 Å². The van der Waals surface area contributed by atoms with Crippen molar-refractivity contribution < 1.29 is 28.9 Å². The lowest BCUT2D eigenvalue weighted by molar-refractivity contribution is 0.0270. The van der Waals surface area contributed by atoms with Crippen molar-refractivity contribution in [3.63, 3.8) is 0 Å². The fourth-order valence-corrected chi connectivity index (χ4v) is 4.49. The molecule has 0 fully saturated rings. The van der Waals surface area contributed by atoms with E-state index in [4.69, 9.17) is 9.47 Å². The van der Waals surface area contributed by atoms with Crippen molar-refractivity contribution in [3.05, 3.63) is 33.3 Å². The summed E-state index contributed by atoms with van der Waals surface area (Å²) < 4.78 is 17.7. The van der Waals surface area contributed by atoms with Crippen molar-refractivity contribution in [1.29, 1.82) is 0 Å². The molecule has 4 heterocycles. The zero-order chi connectivity index (χ0) is 27.6. The molecule has 13 nitrogen and oxygen atoms in total. The molecule has 14 heteroatoms. The van der Waals surface area contributed by atoms with Crippen molar-refractivity contribution in [2.75, 3.05) is 32.6 Å². The molecule has 0 saturated heterocycles. The number of carbonyl (C=O) groups excluding carboxylic acids is 2. The molecular formula is C24H28IN7O6. The minimum absolute atomic E-state index is 0.106. The Balaban J connectivity index is 1.55. The van der Waals surface area contributed by atoms with Gasteiger partial charge >= 0.3 is 12.2 Å². The molecule has 0 aromatic carbocycles. The summed E-state index contributed by atoms with van der Waals surface area (Å²) in [6, 6.07) is 1.89. The number of carbonyl (C=O) groups is 2. The van der Waals surface area contributed by atoms with Crippen LogP contribution in [-0.2, 0) is 16.0 Å². The molecule has 0 aliphatic carbocycles. The molecule has 0 radical (unpaired) electrons. The summed E-state index contributed by atoms with van der Waals surface area (Å²) in [5.41, 5.74) is 2.63. The minimum atomic E-state index is -0.759. The molecular weight excluding hydrogens is 609 g/mol. The number of nitrogens with zero attached hydrogens (tertiary/aromatic N) is 6. The molecule has 0 unspecified atom stereocenters. The number of nitrogens with one attached hydrogen (secondary N) is 1. The number of anilines is 1. The van der Waals surface area contributed by atoms with Crippen LogP contribution >= 0.6 is 22.6 Å². The molecule has 0 saturated carbocycles. The van der Waals surface area contributed by atoms with E-state index < -0.39 is 11.7 Å². The third-order valence-electron chi connectivity index (χ3n) is 5.61. The molecule has 1 aliphatic rings. The van der Waals surface area contributed by atoms with Crippen LogP contribution in [0.3, 0.4) is 0 Å². The zero-order valence-electron chi connectivity index (χ0n) is 21.6. The van der Waals surface area contributed by atoms with Gasteiger partial charge in [0.2, 0.25) is 11.8 Å². The summed E-state index contributed by atoms with van der Waals surface area (Å²) in [7, 11) is 2.77. The monoisotopic (exact) mass is 637 g/mol. The number of aromatic nitrogens is 5. The third kappa shape index (κ3) is 6.06. The Hall–Kier alpha value is -3.69. The summed E-state index contributed by atoms with van der Waals surface area (Å²) in [6.45, 7) is 6.69. The second-order valence-electron chi connectivity index (χ2n) is 9.41. The van der Waals surface area contributed by atoms with Gasteiger partial charge in [-0.2, -0.15) is 10.1 Å². The number of ether oxygens (including phenoxy) is 3. The molecule has 3 aromatic heterocycles. The van der Waals surface area contributed by atoms with E-state index >= 15 is 0 Å². The maximum atomic E-state index is 12.4. The highest BCUT2D eigenvalue weighted by molar-refractivity contribution is 14.1. The van der Waals surface area contributed by atoms with Crippen LogP contribution in [0.15, 0.2) is 18.3 Å². The van der Waals surface area contributed by atoms with Crippen LogP contribution in [0.2, 0.25) is 0 Å². The van der Waals surface area contributed by atoms with Gasteiger partial charge in [0.25, 0.3) is 0 Å². The molecule has 4 rings (SSSR count). The van der Waals surface area contributed by atoms with Crippen LogP contribution in [0, 0.1) is 3.70 Å². The van der Waals surface area contributed by atoms with Crippen LogP contribution in [0.25, 0.3) is 16.6 Å². The van der Waals surface area contributed by atoms with Crippen molar-refractivity contribution in [2.24, 2.45) is 0 Å².